The fraction of sp³-hybridized carbons (Fsp3) is 0.176. The van der Waals surface area contributed by atoms with Crippen LogP contribution in [0.4, 0.5) is 18.9 Å². The third-order valence-corrected chi connectivity index (χ3v) is 3.71. The van der Waals surface area contributed by atoms with Crippen LogP contribution in [0, 0.1) is 17.5 Å². The van der Waals surface area contributed by atoms with E-state index >= 15 is 0 Å². The van der Waals surface area contributed by atoms with E-state index in [0.717, 1.165) is 23.1 Å². The molecule has 0 saturated carbocycles. The average molecular weight is 371 g/mol. The Bertz CT molecular complexity index is 794. The average Bonchev–Trinajstić information content (AvgIpc) is 2.52. The Morgan fingerprint density at radius 1 is 1.12 bits per heavy atom. The van der Waals surface area contributed by atoms with Gasteiger partial charge in [0.1, 0.15) is 17.5 Å². The zero-order valence-electron chi connectivity index (χ0n) is 13.2. The summed E-state index contributed by atoms with van der Waals surface area (Å²) in [5.41, 5.74) is -0.432. The molecule has 1 N–H and O–H groups in total. The number of halogens is 4. The Hall–Kier alpha value is -2.54. The van der Waals surface area contributed by atoms with Gasteiger partial charge in [0.15, 0.2) is 0 Å². The highest BCUT2D eigenvalue weighted by atomic mass is 35.5. The van der Waals surface area contributed by atoms with Crippen LogP contribution in [-0.2, 0) is 4.79 Å². The van der Waals surface area contributed by atoms with Crippen molar-refractivity contribution in [1.82, 2.24) is 5.32 Å². The molecule has 2 amide bonds. The summed E-state index contributed by atoms with van der Waals surface area (Å²) < 4.78 is 40.5. The van der Waals surface area contributed by atoms with Crippen molar-refractivity contribution in [1.29, 1.82) is 0 Å². The SMILES string of the molecule is CC(=O)N(CCNC(=O)c1c(F)cccc1Cl)c1ccc(F)cc1F. The van der Waals surface area contributed by atoms with Gasteiger partial charge in [0, 0.05) is 26.1 Å². The highest BCUT2D eigenvalue weighted by Gasteiger charge is 2.18. The standard InChI is InChI=1S/C17H14ClF3N2O2/c1-10(24)23(15-6-5-11(19)9-14(15)21)8-7-22-17(25)16-12(18)3-2-4-13(16)20/h2-6,9H,7-8H2,1H3,(H,22,25). The van der Waals surface area contributed by atoms with Crippen LogP contribution in [0.15, 0.2) is 36.4 Å². The number of hydrogen-bond acceptors (Lipinski definition) is 2. The van der Waals surface area contributed by atoms with Gasteiger partial charge in [-0.1, -0.05) is 17.7 Å². The maximum atomic E-state index is 13.8. The summed E-state index contributed by atoms with van der Waals surface area (Å²) in [5, 5.41) is 2.36. The Morgan fingerprint density at radius 2 is 1.84 bits per heavy atom. The first-order chi connectivity index (χ1) is 11.8. The zero-order valence-corrected chi connectivity index (χ0v) is 13.9. The van der Waals surface area contributed by atoms with E-state index in [4.69, 9.17) is 11.6 Å². The number of carbonyl (C=O) groups excluding carboxylic acids is 2. The maximum absolute atomic E-state index is 13.8. The molecule has 0 saturated heterocycles. The molecule has 8 heteroatoms. The van der Waals surface area contributed by atoms with Gasteiger partial charge in [-0.05, 0) is 24.3 Å². The van der Waals surface area contributed by atoms with Gasteiger partial charge in [0.05, 0.1) is 16.3 Å². The molecule has 0 aliphatic heterocycles. The quantitative estimate of drug-likeness (QED) is 0.875. The molecule has 0 unspecified atom stereocenters. The lowest BCUT2D eigenvalue weighted by Crippen LogP contribution is -2.38. The van der Waals surface area contributed by atoms with Crippen LogP contribution in [0.3, 0.4) is 0 Å². The lowest BCUT2D eigenvalue weighted by Gasteiger charge is -2.22. The molecule has 0 radical (unpaired) electrons. The molecule has 0 atom stereocenters. The Kier molecular flexibility index (Phi) is 6.03. The maximum Gasteiger partial charge on any atom is 0.255 e. The van der Waals surface area contributed by atoms with E-state index in [1.54, 1.807) is 0 Å². The summed E-state index contributed by atoms with van der Waals surface area (Å²) in [6.45, 7) is 1.04. The van der Waals surface area contributed by atoms with Gasteiger partial charge < -0.3 is 10.2 Å². The lowest BCUT2D eigenvalue weighted by molar-refractivity contribution is -0.116. The molecule has 132 valence electrons. The fourth-order valence-corrected chi connectivity index (χ4v) is 2.48. The number of amides is 2. The number of hydrogen-bond donors (Lipinski definition) is 1. The highest BCUT2D eigenvalue weighted by Crippen LogP contribution is 2.21. The summed E-state index contributed by atoms with van der Waals surface area (Å²) in [4.78, 5) is 24.8. The Balaban J connectivity index is 2.07. The van der Waals surface area contributed by atoms with Crippen LogP contribution < -0.4 is 10.2 Å². The molecule has 0 aromatic heterocycles. The second kappa shape index (κ2) is 8.02. The molecule has 2 rings (SSSR count). The van der Waals surface area contributed by atoms with Gasteiger partial charge in [-0.3, -0.25) is 9.59 Å². The van der Waals surface area contributed by atoms with E-state index in [0.29, 0.717) is 6.07 Å². The number of rotatable bonds is 5. The first-order valence-electron chi connectivity index (χ1n) is 7.26. The van der Waals surface area contributed by atoms with Gasteiger partial charge in [-0.15, -0.1) is 0 Å². The molecule has 0 spiro atoms. The minimum absolute atomic E-state index is 0.0505. The minimum atomic E-state index is -0.904. The molecule has 2 aromatic rings. The van der Waals surface area contributed by atoms with Crippen molar-refractivity contribution >= 4 is 29.1 Å². The fourth-order valence-electron chi connectivity index (χ4n) is 2.23. The second-order valence-corrected chi connectivity index (χ2v) is 5.53. The third-order valence-electron chi connectivity index (χ3n) is 3.39. The van der Waals surface area contributed by atoms with Crippen molar-refractivity contribution in [2.45, 2.75) is 6.92 Å². The summed E-state index contributed by atoms with van der Waals surface area (Å²) in [5.74, 6) is -3.71. The number of anilines is 1. The summed E-state index contributed by atoms with van der Waals surface area (Å²) >= 11 is 5.80. The number of benzene rings is 2. The number of nitrogens with one attached hydrogen (secondary N) is 1. The van der Waals surface area contributed by atoms with Crippen LogP contribution in [0.2, 0.25) is 5.02 Å². The van der Waals surface area contributed by atoms with E-state index in [1.165, 1.54) is 19.1 Å². The topological polar surface area (TPSA) is 49.4 Å². The third kappa shape index (κ3) is 4.51. The molecule has 0 bridgehead atoms. The molecule has 25 heavy (non-hydrogen) atoms. The Labute approximate surface area is 147 Å². The second-order valence-electron chi connectivity index (χ2n) is 5.12. The smallest absolute Gasteiger partial charge is 0.255 e. The van der Waals surface area contributed by atoms with E-state index in [-0.39, 0.29) is 29.4 Å². The van der Waals surface area contributed by atoms with Gasteiger partial charge in [0.2, 0.25) is 5.91 Å². The number of nitrogens with zero attached hydrogens (tertiary/aromatic N) is 1. The number of carbonyl (C=O) groups is 2. The van der Waals surface area contributed by atoms with Crippen molar-refractivity contribution in [2.24, 2.45) is 0 Å². The summed E-state index contributed by atoms with van der Waals surface area (Å²) in [6.07, 6.45) is 0. The van der Waals surface area contributed by atoms with E-state index in [2.05, 4.69) is 5.32 Å². The largest absolute Gasteiger partial charge is 0.350 e. The van der Waals surface area contributed by atoms with Crippen molar-refractivity contribution in [3.63, 3.8) is 0 Å². The molecule has 4 nitrogen and oxygen atoms in total. The normalized spacial score (nSPS) is 10.4. The van der Waals surface area contributed by atoms with Crippen LogP contribution in [0.25, 0.3) is 0 Å². The van der Waals surface area contributed by atoms with Crippen molar-refractivity contribution in [2.75, 3.05) is 18.0 Å². The molecule has 0 fully saturated rings. The van der Waals surface area contributed by atoms with E-state index in [9.17, 15) is 22.8 Å². The zero-order chi connectivity index (χ0) is 18.6. The molecule has 0 aliphatic rings. The van der Waals surface area contributed by atoms with Crippen molar-refractivity contribution in [3.8, 4) is 0 Å². The summed E-state index contributed by atoms with van der Waals surface area (Å²) in [6, 6.07) is 6.63. The minimum Gasteiger partial charge on any atom is -0.350 e. The van der Waals surface area contributed by atoms with Crippen molar-refractivity contribution < 1.29 is 22.8 Å². The van der Waals surface area contributed by atoms with E-state index < -0.39 is 29.3 Å². The van der Waals surface area contributed by atoms with Crippen LogP contribution in [-0.4, -0.2) is 24.9 Å². The van der Waals surface area contributed by atoms with Gasteiger partial charge in [-0.25, -0.2) is 13.2 Å². The van der Waals surface area contributed by atoms with E-state index in [1.807, 2.05) is 0 Å². The van der Waals surface area contributed by atoms with Crippen LogP contribution in [0.1, 0.15) is 17.3 Å². The van der Waals surface area contributed by atoms with Gasteiger partial charge >= 0.3 is 0 Å². The predicted octanol–water partition coefficient (Wildman–Crippen LogP) is 3.54. The molecular weight excluding hydrogens is 357 g/mol. The first-order valence-corrected chi connectivity index (χ1v) is 7.64. The van der Waals surface area contributed by atoms with Gasteiger partial charge in [-0.2, -0.15) is 0 Å². The molecule has 0 aliphatic carbocycles. The highest BCUT2D eigenvalue weighted by molar-refractivity contribution is 6.33. The predicted molar refractivity (Wildman–Crippen MR) is 88.1 cm³/mol. The van der Waals surface area contributed by atoms with Crippen molar-refractivity contribution in [3.05, 3.63) is 64.4 Å². The van der Waals surface area contributed by atoms with Gasteiger partial charge in [0.25, 0.3) is 5.91 Å². The lowest BCUT2D eigenvalue weighted by atomic mass is 10.2. The summed E-state index contributed by atoms with van der Waals surface area (Å²) in [7, 11) is 0. The van der Waals surface area contributed by atoms with Crippen LogP contribution >= 0.6 is 11.6 Å². The molecule has 0 heterocycles. The Morgan fingerprint density at radius 3 is 2.44 bits per heavy atom. The first kappa shape index (κ1) is 18.8. The monoisotopic (exact) mass is 370 g/mol. The molecule has 2 aromatic carbocycles. The molecular formula is C17H14ClF3N2O2. The van der Waals surface area contributed by atoms with Crippen LogP contribution in [0.5, 0.6) is 0 Å².